The predicted octanol–water partition coefficient (Wildman–Crippen LogP) is 3.34. The maximum atomic E-state index is 9.82. The van der Waals surface area contributed by atoms with E-state index in [0.717, 1.165) is 11.1 Å². The van der Waals surface area contributed by atoms with Crippen LogP contribution in [0.4, 0.5) is 0 Å². The first-order valence-electron chi connectivity index (χ1n) is 3.84. The van der Waals surface area contributed by atoms with Crippen molar-refractivity contribution in [1.82, 2.24) is 0 Å². The molecule has 1 N–H and O–H groups in total. The Morgan fingerprint density at radius 2 is 1.85 bits per heavy atom. The molecular weight excluding hydrogens is 275 g/mol. The highest BCUT2D eigenvalue weighted by Gasteiger charge is 2.49. The lowest BCUT2D eigenvalue weighted by molar-refractivity contribution is 0.174. The van der Waals surface area contributed by atoms with Gasteiger partial charge < -0.3 is 5.11 Å². The molecule has 1 aromatic rings. The maximum Gasteiger partial charge on any atom is 0.149 e. The van der Waals surface area contributed by atoms with Crippen molar-refractivity contribution >= 4 is 39.1 Å². The Morgan fingerprint density at radius 1 is 1.31 bits per heavy atom. The molecule has 0 aliphatic heterocycles. The maximum absolute atomic E-state index is 9.82. The Balaban J connectivity index is 2.57. The third-order valence-corrected chi connectivity index (χ3v) is 4.54. The molecule has 0 fully saturated rings. The zero-order chi connectivity index (χ0) is 9.64. The molecule has 1 aliphatic rings. The van der Waals surface area contributed by atoms with E-state index in [4.69, 9.17) is 23.2 Å². The van der Waals surface area contributed by atoms with Crippen LogP contribution in [-0.4, -0.2) is 8.89 Å². The van der Waals surface area contributed by atoms with Crippen molar-refractivity contribution in [3.8, 4) is 0 Å². The molecule has 0 bridgehead atoms. The van der Waals surface area contributed by atoms with Gasteiger partial charge in [0.25, 0.3) is 0 Å². The van der Waals surface area contributed by atoms with Crippen LogP contribution in [0.1, 0.15) is 22.6 Å². The number of rotatable bonds is 0. The normalized spacial score (nSPS) is 37.5. The number of aliphatic hydroxyl groups is 1. The van der Waals surface area contributed by atoms with Crippen molar-refractivity contribution < 1.29 is 5.11 Å². The van der Waals surface area contributed by atoms with Gasteiger partial charge in [-0.3, -0.25) is 0 Å². The summed E-state index contributed by atoms with van der Waals surface area (Å²) in [5, 5.41) is 9.41. The zero-order valence-corrected chi connectivity index (χ0v) is 9.64. The summed E-state index contributed by atoms with van der Waals surface area (Å²) in [4.78, 5) is 0. The second kappa shape index (κ2) is 3.13. The minimum atomic E-state index is -0.974. The van der Waals surface area contributed by atoms with Gasteiger partial charge in [0.15, 0.2) is 0 Å². The van der Waals surface area contributed by atoms with Gasteiger partial charge in [0.2, 0.25) is 0 Å². The largest absolute Gasteiger partial charge is 0.386 e. The van der Waals surface area contributed by atoms with Gasteiger partial charge in [0.05, 0.1) is 5.38 Å². The van der Waals surface area contributed by atoms with Crippen LogP contribution in [0.3, 0.4) is 0 Å². The third kappa shape index (κ3) is 1.32. The van der Waals surface area contributed by atoms with Gasteiger partial charge in [-0.15, -0.1) is 23.2 Å². The molecule has 70 valence electrons. The van der Waals surface area contributed by atoms with Gasteiger partial charge in [-0.2, -0.15) is 0 Å². The summed E-state index contributed by atoms with van der Waals surface area (Å²) in [6, 6.07) is 7.45. The fourth-order valence-corrected chi connectivity index (χ4v) is 2.59. The highest BCUT2D eigenvalue weighted by molar-refractivity contribution is 9.10. The minimum absolute atomic E-state index is 0.402. The summed E-state index contributed by atoms with van der Waals surface area (Å²) in [5.74, 6) is 0. The van der Waals surface area contributed by atoms with E-state index in [0.29, 0.717) is 0 Å². The second-order valence-electron chi connectivity index (χ2n) is 3.07. The quantitative estimate of drug-likeness (QED) is 0.723. The Hall–Kier alpha value is 0.240. The number of alkyl halides is 3. The van der Waals surface area contributed by atoms with Crippen molar-refractivity contribution in [2.75, 3.05) is 0 Å². The Labute approximate surface area is 94.8 Å². The van der Waals surface area contributed by atoms with Crippen LogP contribution < -0.4 is 0 Å². The summed E-state index contributed by atoms with van der Waals surface area (Å²) in [5.41, 5.74) is 1.69. The van der Waals surface area contributed by atoms with E-state index in [1.165, 1.54) is 0 Å². The lowest BCUT2D eigenvalue weighted by Crippen LogP contribution is -2.19. The van der Waals surface area contributed by atoms with Crippen LogP contribution >= 0.6 is 39.1 Å². The molecule has 1 aromatic carbocycles. The highest BCUT2D eigenvalue weighted by Crippen LogP contribution is 2.57. The van der Waals surface area contributed by atoms with E-state index < -0.39 is 15.3 Å². The molecule has 13 heavy (non-hydrogen) atoms. The number of halogens is 3. The van der Waals surface area contributed by atoms with E-state index in [9.17, 15) is 5.11 Å². The molecule has 1 aliphatic carbocycles. The van der Waals surface area contributed by atoms with Crippen molar-refractivity contribution in [2.45, 2.75) is 15.3 Å². The SMILES string of the molecule is O[C@H]1c2ccccc2[C@H](Cl)C1(Cl)Br. The van der Waals surface area contributed by atoms with Crippen LogP contribution in [0.25, 0.3) is 0 Å². The number of fused-ring (bicyclic) bond motifs is 1. The molecule has 0 aromatic heterocycles. The van der Waals surface area contributed by atoms with E-state index >= 15 is 0 Å². The first-order chi connectivity index (χ1) is 6.05. The van der Waals surface area contributed by atoms with E-state index in [1.807, 2.05) is 24.3 Å². The van der Waals surface area contributed by atoms with Gasteiger partial charge in [0, 0.05) is 0 Å². The lowest BCUT2D eigenvalue weighted by atomic mass is 10.1. The summed E-state index contributed by atoms with van der Waals surface area (Å²) in [7, 11) is 0. The fraction of sp³-hybridized carbons (Fsp3) is 0.333. The summed E-state index contributed by atoms with van der Waals surface area (Å²) < 4.78 is -0.974. The molecule has 0 radical (unpaired) electrons. The Morgan fingerprint density at radius 3 is 2.38 bits per heavy atom. The van der Waals surface area contributed by atoms with E-state index in [1.54, 1.807) is 0 Å². The molecular formula is C9H7BrCl2O. The zero-order valence-electron chi connectivity index (χ0n) is 6.55. The van der Waals surface area contributed by atoms with Gasteiger partial charge >= 0.3 is 0 Å². The monoisotopic (exact) mass is 280 g/mol. The smallest absolute Gasteiger partial charge is 0.149 e. The van der Waals surface area contributed by atoms with Gasteiger partial charge in [-0.1, -0.05) is 40.2 Å². The van der Waals surface area contributed by atoms with Gasteiger partial charge in [-0.25, -0.2) is 0 Å². The Kier molecular flexibility index (Phi) is 2.35. The standard InChI is InChI=1S/C9H7BrCl2O/c10-9(12)7(11)5-3-1-2-4-6(5)8(9)13/h1-4,7-8,13H/t7-,8-,9?/m0/s1. The second-order valence-corrected chi connectivity index (χ2v) is 5.90. The highest BCUT2D eigenvalue weighted by atomic mass is 79.9. The molecule has 1 unspecified atom stereocenters. The average molecular weight is 282 g/mol. The van der Waals surface area contributed by atoms with Gasteiger partial charge in [0.1, 0.15) is 9.89 Å². The summed E-state index contributed by atoms with van der Waals surface area (Å²) in [6.07, 6.45) is -0.757. The van der Waals surface area contributed by atoms with Crippen molar-refractivity contribution in [3.05, 3.63) is 35.4 Å². The van der Waals surface area contributed by atoms with Gasteiger partial charge in [-0.05, 0) is 11.1 Å². The molecule has 0 amide bonds. The summed E-state index contributed by atoms with van der Waals surface area (Å²) >= 11 is 15.4. The molecule has 1 nitrogen and oxygen atoms in total. The minimum Gasteiger partial charge on any atom is -0.386 e. The first kappa shape index (κ1) is 9.78. The van der Waals surface area contributed by atoms with Crippen molar-refractivity contribution in [3.63, 3.8) is 0 Å². The Bertz CT molecular complexity index is 309. The van der Waals surface area contributed by atoms with Crippen molar-refractivity contribution in [1.29, 1.82) is 0 Å². The first-order valence-corrected chi connectivity index (χ1v) is 5.44. The number of aliphatic hydroxyl groups excluding tert-OH is 1. The molecule has 0 saturated heterocycles. The molecule has 3 atom stereocenters. The van der Waals surface area contributed by atoms with Crippen LogP contribution in [0.15, 0.2) is 24.3 Å². The van der Waals surface area contributed by atoms with Crippen LogP contribution in [-0.2, 0) is 0 Å². The number of hydrogen-bond donors (Lipinski definition) is 1. The molecule has 0 heterocycles. The predicted molar refractivity (Wildman–Crippen MR) is 57.5 cm³/mol. The van der Waals surface area contributed by atoms with E-state index in [2.05, 4.69) is 15.9 Å². The van der Waals surface area contributed by atoms with Crippen LogP contribution in [0.5, 0.6) is 0 Å². The third-order valence-electron chi connectivity index (χ3n) is 2.27. The van der Waals surface area contributed by atoms with Crippen LogP contribution in [0, 0.1) is 0 Å². The van der Waals surface area contributed by atoms with Crippen molar-refractivity contribution in [2.24, 2.45) is 0 Å². The molecule has 0 spiro atoms. The molecule has 4 heteroatoms. The summed E-state index contributed by atoms with van der Waals surface area (Å²) in [6.45, 7) is 0. The number of hydrogen-bond acceptors (Lipinski definition) is 1. The fourth-order valence-electron chi connectivity index (χ4n) is 1.54. The van der Waals surface area contributed by atoms with E-state index in [-0.39, 0.29) is 0 Å². The molecule has 0 saturated carbocycles. The topological polar surface area (TPSA) is 20.2 Å². The number of benzene rings is 1. The lowest BCUT2D eigenvalue weighted by Gasteiger charge is -2.20. The van der Waals surface area contributed by atoms with Crippen LogP contribution in [0.2, 0.25) is 0 Å². The molecule has 2 rings (SSSR count). The average Bonchev–Trinajstić information content (AvgIpc) is 2.30.